The van der Waals surface area contributed by atoms with E-state index in [1.807, 2.05) is 11.3 Å². The van der Waals surface area contributed by atoms with Crippen LogP contribution in [0.3, 0.4) is 0 Å². The zero-order valence-electron chi connectivity index (χ0n) is 23.9. The lowest BCUT2D eigenvalue weighted by Crippen LogP contribution is -2.46. The summed E-state index contributed by atoms with van der Waals surface area (Å²) in [4.78, 5) is 37.7. The minimum Gasteiger partial charge on any atom is -0.334 e. The van der Waals surface area contributed by atoms with Crippen molar-refractivity contribution in [2.24, 2.45) is 5.92 Å². The van der Waals surface area contributed by atoms with E-state index in [2.05, 4.69) is 94.4 Å². The molecule has 2 unspecified atom stereocenters. The van der Waals surface area contributed by atoms with E-state index in [-0.39, 0.29) is 0 Å². The molecule has 4 aromatic rings. The highest BCUT2D eigenvalue weighted by Gasteiger charge is 2.34. The van der Waals surface area contributed by atoms with E-state index in [9.17, 15) is 9.59 Å². The summed E-state index contributed by atoms with van der Waals surface area (Å²) in [6.07, 6.45) is 9.85. The number of amides is 2. The molecule has 2 amide bonds. The summed E-state index contributed by atoms with van der Waals surface area (Å²) >= 11 is 4.10. The van der Waals surface area contributed by atoms with Crippen LogP contribution in [0.5, 0.6) is 0 Å². The number of para-hydroxylation sites is 1. The minimum atomic E-state index is -0.613. The van der Waals surface area contributed by atoms with Crippen LogP contribution in [-0.2, 0) is 9.59 Å². The summed E-state index contributed by atoms with van der Waals surface area (Å²) in [6, 6.07) is 8.47. The second-order valence-electron chi connectivity index (χ2n) is 11.7. The topological polar surface area (TPSA) is 96.2 Å². The van der Waals surface area contributed by atoms with Crippen molar-refractivity contribution < 1.29 is 9.59 Å². The number of pyridine rings is 1. The molecule has 0 aliphatic carbocycles. The first-order valence-electron chi connectivity index (χ1n) is 14.0. The Morgan fingerprint density at radius 2 is 1.95 bits per heavy atom. The standard InChI is InChI=1S/C15H20N2S.C14H17IN5O2P/c1-15(2)10-11(8-9-17(15)3)14-16-12-6-4-5-7-13(12)18-14;1-9-3-2-4-19(8-9)14(22)13(21)18-11-7-16-5-10-6-17-20(23-15)12(10)11/h4-7,11H,8-10H2,1-3H3;5-7,9,23H,2-4,8H2,1H3,(H,18,21)/t11-;/m0./s1. The second-order valence-corrected chi connectivity index (χ2v) is 14.8. The van der Waals surface area contributed by atoms with Gasteiger partial charge in [-0.1, -0.05) is 19.1 Å². The van der Waals surface area contributed by atoms with Crippen molar-refractivity contribution in [1.29, 1.82) is 0 Å². The summed E-state index contributed by atoms with van der Waals surface area (Å²) in [6.45, 7) is 9.24. The molecular formula is C29H37IN7O2PS. The van der Waals surface area contributed by atoms with Gasteiger partial charge >= 0.3 is 11.8 Å². The average molecular weight is 706 g/mol. The number of fused-ring (bicyclic) bond motifs is 2. The molecule has 2 aliphatic rings. The van der Waals surface area contributed by atoms with Crippen LogP contribution in [-0.4, -0.2) is 73.4 Å². The molecule has 12 heteroatoms. The van der Waals surface area contributed by atoms with Gasteiger partial charge in [0, 0.05) is 36.1 Å². The van der Waals surface area contributed by atoms with E-state index in [1.165, 1.54) is 29.1 Å². The van der Waals surface area contributed by atoms with Gasteiger partial charge in [0.1, 0.15) is 0 Å². The Bertz CT molecular complexity index is 1510. The summed E-state index contributed by atoms with van der Waals surface area (Å²) in [5, 5.41) is 9.14. The van der Waals surface area contributed by atoms with Gasteiger partial charge in [0.25, 0.3) is 0 Å². The molecular weight excluding hydrogens is 668 g/mol. The first kappa shape index (κ1) is 30.3. The number of hydrogen-bond acceptors (Lipinski definition) is 7. The molecule has 1 aromatic carbocycles. The molecule has 0 spiro atoms. The number of rotatable bonds is 3. The molecule has 218 valence electrons. The first-order valence-corrected chi connectivity index (χ1v) is 18.9. The second kappa shape index (κ2) is 13.0. The molecule has 3 atom stereocenters. The molecule has 0 radical (unpaired) electrons. The van der Waals surface area contributed by atoms with Gasteiger partial charge in [0.05, 0.1) is 45.2 Å². The van der Waals surface area contributed by atoms with Gasteiger partial charge in [-0.05, 0) is 93.2 Å². The summed E-state index contributed by atoms with van der Waals surface area (Å²) in [5.74, 6) is -0.0182. The van der Waals surface area contributed by atoms with Crippen molar-refractivity contribution in [1.82, 2.24) is 29.3 Å². The SMILES string of the molecule is CC1CCCN(C(=O)C(=O)Nc2cncc3cnn(PI)c23)C1.CN1CC[C@H](c2nc3ccccc3s2)CC1(C)C. The monoisotopic (exact) mass is 705 g/mol. The van der Waals surface area contributed by atoms with Gasteiger partial charge in [-0.25, -0.2) is 9.44 Å². The van der Waals surface area contributed by atoms with E-state index in [0.717, 1.165) is 29.3 Å². The number of piperidine rings is 2. The first-order chi connectivity index (χ1) is 19.7. The minimum absolute atomic E-state index is 0.292. The van der Waals surface area contributed by atoms with Crippen molar-refractivity contribution >= 4 is 78.4 Å². The molecule has 0 saturated carbocycles. The molecule has 41 heavy (non-hydrogen) atoms. The number of aromatic nitrogens is 4. The van der Waals surface area contributed by atoms with Crippen molar-refractivity contribution in [2.45, 2.75) is 57.9 Å². The van der Waals surface area contributed by atoms with Crippen LogP contribution in [0.15, 0.2) is 42.9 Å². The largest absolute Gasteiger partial charge is 0.334 e. The Kier molecular flexibility index (Phi) is 9.57. The third kappa shape index (κ3) is 6.89. The van der Waals surface area contributed by atoms with E-state index in [1.54, 1.807) is 27.9 Å². The zero-order chi connectivity index (χ0) is 29.1. The summed E-state index contributed by atoms with van der Waals surface area (Å²) in [5.41, 5.74) is 2.77. The van der Waals surface area contributed by atoms with E-state index >= 15 is 0 Å². The van der Waals surface area contributed by atoms with Crippen molar-refractivity contribution in [3.63, 3.8) is 0 Å². The number of carbonyl (C=O) groups is 2. The third-order valence-electron chi connectivity index (χ3n) is 8.19. The number of thiazole rings is 1. The molecule has 6 rings (SSSR count). The van der Waals surface area contributed by atoms with Crippen LogP contribution in [0.4, 0.5) is 5.69 Å². The van der Waals surface area contributed by atoms with Crippen LogP contribution in [0.25, 0.3) is 21.1 Å². The Morgan fingerprint density at radius 1 is 1.15 bits per heavy atom. The van der Waals surface area contributed by atoms with Gasteiger partial charge in [0.2, 0.25) is 0 Å². The molecule has 3 aromatic heterocycles. The molecule has 9 nitrogen and oxygen atoms in total. The van der Waals surface area contributed by atoms with Gasteiger partial charge < -0.3 is 15.1 Å². The van der Waals surface area contributed by atoms with Crippen molar-refractivity contribution in [2.75, 3.05) is 32.0 Å². The fourth-order valence-electron chi connectivity index (χ4n) is 5.62. The highest BCUT2D eigenvalue weighted by Crippen LogP contribution is 2.39. The highest BCUT2D eigenvalue weighted by atomic mass is 127. The lowest BCUT2D eigenvalue weighted by atomic mass is 9.83. The predicted molar refractivity (Wildman–Crippen MR) is 177 cm³/mol. The predicted octanol–water partition coefficient (Wildman–Crippen LogP) is 6.30. The maximum Gasteiger partial charge on any atom is 0.314 e. The van der Waals surface area contributed by atoms with E-state index in [4.69, 9.17) is 4.98 Å². The number of carbonyl (C=O) groups excluding carboxylic acids is 2. The summed E-state index contributed by atoms with van der Waals surface area (Å²) < 4.78 is 3.12. The van der Waals surface area contributed by atoms with Gasteiger partial charge in [-0.3, -0.25) is 14.6 Å². The van der Waals surface area contributed by atoms with Crippen molar-refractivity contribution in [3.8, 4) is 0 Å². The van der Waals surface area contributed by atoms with Gasteiger partial charge in [0.15, 0.2) is 0 Å². The maximum atomic E-state index is 12.3. The molecule has 5 heterocycles. The number of nitrogens with one attached hydrogen (secondary N) is 1. The lowest BCUT2D eigenvalue weighted by Gasteiger charge is -2.43. The summed E-state index contributed by atoms with van der Waals surface area (Å²) in [7, 11) is 2.23. The average Bonchev–Trinajstić information content (AvgIpc) is 3.59. The number of likely N-dealkylation sites (tertiary alicyclic amines) is 2. The van der Waals surface area contributed by atoms with Crippen LogP contribution in [0.2, 0.25) is 0 Å². The van der Waals surface area contributed by atoms with E-state index < -0.39 is 11.8 Å². The Labute approximate surface area is 259 Å². The van der Waals surface area contributed by atoms with Gasteiger partial charge in [-0.2, -0.15) is 5.10 Å². The smallest absolute Gasteiger partial charge is 0.314 e. The van der Waals surface area contributed by atoms with E-state index in [0.29, 0.717) is 42.5 Å². The van der Waals surface area contributed by atoms with Crippen LogP contribution >= 0.6 is 39.8 Å². The number of halogens is 1. The highest BCUT2D eigenvalue weighted by molar-refractivity contribution is 14.2. The molecule has 2 aliphatic heterocycles. The normalized spacial score (nSPS) is 21.2. The third-order valence-corrected chi connectivity index (χ3v) is 11.3. The van der Waals surface area contributed by atoms with Crippen LogP contribution in [0, 0.1) is 5.92 Å². The Morgan fingerprint density at radius 3 is 2.68 bits per heavy atom. The quantitative estimate of drug-likeness (QED) is 0.153. The maximum absolute atomic E-state index is 12.3. The number of benzene rings is 1. The van der Waals surface area contributed by atoms with Gasteiger partial charge in [-0.15, -0.1) is 11.3 Å². The number of anilines is 1. The Hall–Kier alpha value is -2.21. The molecule has 2 saturated heterocycles. The van der Waals surface area contributed by atoms with Crippen molar-refractivity contribution in [3.05, 3.63) is 47.9 Å². The fraction of sp³-hybridized carbons (Fsp3) is 0.483. The fourth-order valence-corrected chi connectivity index (χ4v) is 8.25. The Balaban J connectivity index is 0.000000169. The molecule has 2 fully saturated rings. The molecule has 0 bridgehead atoms. The zero-order valence-corrected chi connectivity index (χ0v) is 27.9. The van der Waals surface area contributed by atoms with Crippen LogP contribution < -0.4 is 5.32 Å². The number of nitrogens with zero attached hydrogens (tertiary/aromatic N) is 6. The molecule has 1 N–H and O–H groups in total. The van der Waals surface area contributed by atoms with Crippen LogP contribution in [0.1, 0.15) is 57.4 Å². The lowest BCUT2D eigenvalue weighted by molar-refractivity contribution is -0.144. The number of hydrogen-bond donors (Lipinski definition) is 1.